The Hall–Kier alpha value is -3.11. The Morgan fingerprint density at radius 2 is 1.78 bits per heavy atom. The lowest BCUT2D eigenvalue weighted by Gasteiger charge is -2.12. The van der Waals surface area contributed by atoms with Gasteiger partial charge < -0.3 is 9.47 Å². The third-order valence-corrected chi connectivity index (χ3v) is 5.87. The maximum atomic E-state index is 12.3. The molecule has 1 aliphatic rings. The summed E-state index contributed by atoms with van der Waals surface area (Å²) in [6.07, 6.45) is 0. The van der Waals surface area contributed by atoms with Crippen LogP contribution in [0.1, 0.15) is 16.6 Å². The number of ether oxygens (including phenoxy) is 2. The van der Waals surface area contributed by atoms with Crippen LogP contribution in [-0.2, 0) is 4.74 Å². The number of hydrogen-bond donors (Lipinski definition) is 0. The Bertz CT molecular complexity index is 1190. The second kappa shape index (κ2) is 6.25. The van der Waals surface area contributed by atoms with Gasteiger partial charge in [-0.05, 0) is 30.5 Å². The van der Waals surface area contributed by atoms with E-state index in [1.54, 1.807) is 0 Å². The third kappa shape index (κ3) is 2.53. The molecule has 0 fully saturated rings. The van der Waals surface area contributed by atoms with Gasteiger partial charge in [-0.3, -0.25) is 0 Å². The van der Waals surface area contributed by atoms with E-state index in [1.807, 2.05) is 49.4 Å². The Morgan fingerprint density at radius 1 is 0.963 bits per heavy atom. The first-order valence-corrected chi connectivity index (χ1v) is 9.68. The lowest BCUT2D eigenvalue weighted by Crippen LogP contribution is -2.01. The Balaban J connectivity index is 1.83. The van der Waals surface area contributed by atoms with E-state index in [2.05, 4.69) is 24.3 Å². The quantitative estimate of drug-likeness (QED) is 0.331. The van der Waals surface area contributed by atoms with Gasteiger partial charge in [0.1, 0.15) is 16.4 Å². The molecule has 0 bridgehead atoms. The smallest absolute Gasteiger partial charge is 0.348 e. The molecular formula is C23H16O3S. The van der Waals surface area contributed by atoms with E-state index in [-0.39, 0.29) is 5.97 Å². The zero-order valence-corrected chi connectivity index (χ0v) is 15.5. The van der Waals surface area contributed by atoms with E-state index in [4.69, 9.17) is 9.47 Å². The summed E-state index contributed by atoms with van der Waals surface area (Å²) in [5.74, 6) is 1.34. The fraction of sp³-hybridized carbons (Fsp3) is 0.0870. The van der Waals surface area contributed by atoms with Crippen molar-refractivity contribution in [2.75, 3.05) is 6.61 Å². The molecule has 2 heterocycles. The molecule has 0 atom stereocenters. The molecular weight excluding hydrogens is 356 g/mol. The Labute approximate surface area is 160 Å². The van der Waals surface area contributed by atoms with E-state index in [9.17, 15) is 4.79 Å². The van der Waals surface area contributed by atoms with Crippen molar-refractivity contribution in [3.8, 4) is 33.1 Å². The number of thiophene rings is 1. The molecule has 3 nitrogen and oxygen atoms in total. The second-order valence-electron chi connectivity index (χ2n) is 6.34. The molecule has 5 rings (SSSR count). The molecule has 0 unspecified atom stereocenters. The molecule has 0 saturated carbocycles. The van der Waals surface area contributed by atoms with Crippen LogP contribution in [0.3, 0.4) is 0 Å². The van der Waals surface area contributed by atoms with E-state index < -0.39 is 0 Å². The fourth-order valence-electron chi connectivity index (χ4n) is 3.51. The van der Waals surface area contributed by atoms with Crippen LogP contribution in [0.4, 0.5) is 0 Å². The van der Waals surface area contributed by atoms with Crippen molar-refractivity contribution >= 4 is 28.1 Å². The van der Waals surface area contributed by atoms with E-state index in [0.29, 0.717) is 11.5 Å². The van der Waals surface area contributed by atoms with Gasteiger partial charge in [0.2, 0.25) is 0 Å². The van der Waals surface area contributed by atoms with Crippen molar-refractivity contribution in [3.63, 3.8) is 0 Å². The predicted molar refractivity (Wildman–Crippen MR) is 109 cm³/mol. The van der Waals surface area contributed by atoms with Gasteiger partial charge in [-0.15, -0.1) is 11.3 Å². The van der Waals surface area contributed by atoms with E-state index >= 15 is 0 Å². The first-order chi connectivity index (χ1) is 13.3. The van der Waals surface area contributed by atoms with Crippen LogP contribution in [0.15, 0.2) is 66.7 Å². The van der Waals surface area contributed by atoms with Gasteiger partial charge in [0.05, 0.1) is 6.61 Å². The summed E-state index contributed by atoms with van der Waals surface area (Å²) < 4.78 is 11.6. The minimum atomic E-state index is -0.281. The second-order valence-corrected chi connectivity index (χ2v) is 7.39. The number of benzene rings is 3. The topological polar surface area (TPSA) is 35.5 Å². The minimum Gasteiger partial charge on any atom is -0.462 e. The summed E-state index contributed by atoms with van der Waals surface area (Å²) in [7, 11) is 0. The van der Waals surface area contributed by atoms with Crippen LogP contribution in [0.25, 0.3) is 32.3 Å². The standard InChI is InChI=1S/C23H16O3S/c1-2-25-23(24)20-13-18-16-9-5-6-10-19(16)26-21-15-8-4-3-7-14(15)11-12-17(21)22(18)27-20/h3-13H,2H2,1H3. The molecule has 3 aromatic carbocycles. The monoisotopic (exact) mass is 372 g/mol. The summed E-state index contributed by atoms with van der Waals surface area (Å²) in [4.78, 5) is 14.0. The molecule has 1 aliphatic heterocycles. The first kappa shape index (κ1) is 16.1. The minimum absolute atomic E-state index is 0.281. The number of carbonyl (C=O) groups is 1. The van der Waals surface area contributed by atoms with E-state index in [0.717, 1.165) is 43.8 Å². The zero-order valence-electron chi connectivity index (χ0n) is 14.7. The van der Waals surface area contributed by atoms with E-state index in [1.165, 1.54) is 11.3 Å². The number of esters is 1. The first-order valence-electron chi connectivity index (χ1n) is 8.86. The summed E-state index contributed by atoms with van der Waals surface area (Å²) in [5, 5.41) is 2.18. The molecule has 1 aromatic heterocycles. The molecule has 0 saturated heterocycles. The number of rotatable bonds is 2. The van der Waals surface area contributed by atoms with Crippen molar-refractivity contribution < 1.29 is 14.3 Å². The molecule has 27 heavy (non-hydrogen) atoms. The maximum absolute atomic E-state index is 12.3. The van der Waals surface area contributed by atoms with Gasteiger partial charge >= 0.3 is 5.97 Å². The SMILES string of the molecule is CCOC(=O)c1cc2c(s1)-c1ccc3ccccc3c1Oc1ccccc1-2. The zero-order chi connectivity index (χ0) is 18.4. The number of carbonyl (C=O) groups excluding carboxylic acids is 1. The lowest BCUT2D eigenvalue weighted by molar-refractivity contribution is 0.0532. The molecule has 0 radical (unpaired) electrons. The van der Waals surface area contributed by atoms with Crippen molar-refractivity contribution in [1.29, 1.82) is 0 Å². The molecule has 0 N–H and O–H groups in total. The molecule has 0 amide bonds. The van der Waals surface area contributed by atoms with Gasteiger partial charge in [-0.1, -0.05) is 48.5 Å². The van der Waals surface area contributed by atoms with Crippen molar-refractivity contribution in [1.82, 2.24) is 0 Å². The Kier molecular flexibility index (Phi) is 3.73. The van der Waals surface area contributed by atoms with Gasteiger partial charge in [-0.25, -0.2) is 4.79 Å². The van der Waals surface area contributed by atoms with Gasteiger partial charge in [0.25, 0.3) is 0 Å². The highest BCUT2D eigenvalue weighted by molar-refractivity contribution is 7.18. The summed E-state index contributed by atoms with van der Waals surface area (Å²) in [5.41, 5.74) is 2.99. The lowest BCUT2D eigenvalue weighted by atomic mass is 10.00. The number of para-hydroxylation sites is 1. The summed E-state index contributed by atoms with van der Waals surface area (Å²) >= 11 is 1.46. The van der Waals surface area contributed by atoms with Crippen LogP contribution in [0.2, 0.25) is 0 Å². The third-order valence-electron chi connectivity index (χ3n) is 4.72. The number of hydrogen-bond acceptors (Lipinski definition) is 4. The highest BCUT2D eigenvalue weighted by atomic mass is 32.1. The van der Waals surface area contributed by atoms with Crippen molar-refractivity contribution in [2.45, 2.75) is 6.92 Å². The fourth-order valence-corrected chi connectivity index (χ4v) is 4.60. The van der Waals surface area contributed by atoms with Crippen LogP contribution in [0, 0.1) is 0 Å². The van der Waals surface area contributed by atoms with Gasteiger partial charge in [0.15, 0.2) is 0 Å². The van der Waals surface area contributed by atoms with Crippen LogP contribution < -0.4 is 4.74 Å². The summed E-state index contributed by atoms with van der Waals surface area (Å²) in [6.45, 7) is 2.18. The normalized spacial score (nSPS) is 11.7. The number of fused-ring (bicyclic) bond motifs is 7. The molecule has 4 heteroatoms. The van der Waals surface area contributed by atoms with Crippen LogP contribution in [-0.4, -0.2) is 12.6 Å². The average molecular weight is 372 g/mol. The predicted octanol–water partition coefficient (Wildman–Crippen LogP) is 6.52. The van der Waals surface area contributed by atoms with Crippen molar-refractivity contribution in [3.05, 3.63) is 71.6 Å². The molecule has 132 valence electrons. The summed E-state index contributed by atoms with van der Waals surface area (Å²) in [6, 6.07) is 22.2. The molecule has 4 aromatic rings. The Morgan fingerprint density at radius 3 is 2.67 bits per heavy atom. The highest BCUT2D eigenvalue weighted by Gasteiger charge is 2.26. The van der Waals surface area contributed by atoms with Crippen molar-refractivity contribution in [2.24, 2.45) is 0 Å². The van der Waals surface area contributed by atoms with Gasteiger partial charge in [-0.2, -0.15) is 0 Å². The largest absolute Gasteiger partial charge is 0.462 e. The average Bonchev–Trinajstić information content (AvgIpc) is 3.09. The molecule has 0 spiro atoms. The van der Waals surface area contributed by atoms with Crippen LogP contribution in [0.5, 0.6) is 11.5 Å². The van der Waals surface area contributed by atoms with Crippen LogP contribution >= 0.6 is 11.3 Å². The molecule has 0 aliphatic carbocycles. The van der Waals surface area contributed by atoms with Gasteiger partial charge in [0, 0.05) is 27.0 Å². The highest BCUT2D eigenvalue weighted by Crippen LogP contribution is 2.52. The maximum Gasteiger partial charge on any atom is 0.348 e.